The average Bonchev–Trinajstić information content (AvgIpc) is 2.18. The van der Waals surface area contributed by atoms with E-state index < -0.39 is 0 Å². The van der Waals surface area contributed by atoms with Crippen molar-refractivity contribution < 1.29 is 9.53 Å². The Bertz CT molecular complexity index is 363. The first-order valence-corrected chi connectivity index (χ1v) is 5.01. The number of esters is 1. The maximum absolute atomic E-state index is 10.9. The Labute approximate surface area is 93.7 Å². The van der Waals surface area contributed by atoms with Crippen molar-refractivity contribution in [3.8, 4) is 0 Å². The summed E-state index contributed by atoms with van der Waals surface area (Å²) >= 11 is 5.78. The molecule has 4 heteroatoms. The van der Waals surface area contributed by atoms with Crippen LogP contribution in [0, 0.1) is 0 Å². The Balaban J connectivity index is 2.48. The minimum Gasteiger partial charge on any atom is -0.465 e. The quantitative estimate of drug-likeness (QED) is 0.583. The van der Waals surface area contributed by atoms with Gasteiger partial charge in [-0.2, -0.15) is 0 Å². The molecule has 0 atom stereocenters. The van der Waals surface area contributed by atoms with E-state index in [0.29, 0.717) is 11.6 Å². The Kier molecular flexibility index (Phi) is 4.84. The second-order valence-electron chi connectivity index (χ2n) is 2.83. The number of benzene rings is 1. The van der Waals surface area contributed by atoms with Gasteiger partial charge in [-0.05, 0) is 24.6 Å². The number of carbonyl (C=O) groups is 1. The van der Waals surface area contributed by atoms with Gasteiger partial charge in [-0.3, -0.25) is 9.79 Å². The van der Waals surface area contributed by atoms with Crippen molar-refractivity contribution >= 4 is 23.8 Å². The minimum atomic E-state index is -0.323. The molecule has 0 fully saturated rings. The van der Waals surface area contributed by atoms with Crippen molar-refractivity contribution in [3.63, 3.8) is 0 Å². The van der Waals surface area contributed by atoms with Gasteiger partial charge in [0.1, 0.15) is 6.54 Å². The van der Waals surface area contributed by atoms with E-state index in [1.54, 1.807) is 25.3 Å². The molecule has 0 heterocycles. The Hall–Kier alpha value is -1.35. The number of halogens is 1. The number of aliphatic imine (C=N–C) groups is 1. The molecule has 3 nitrogen and oxygen atoms in total. The predicted octanol–water partition coefficient (Wildman–Crippen LogP) is 2.32. The lowest BCUT2D eigenvalue weighted by molar-refractivity contribution is -0.141. The summed E-state index contributed by atoms with van der Waals surface area (Å²) in [5.41, 5.74) is 0.867. The van der Waals surface area contributed by atoms with Gasteiger partial charge in [0.2, 0.25) is 0 Å². The van der Waals surface area contributed by atoms with Crippen molar-refractivity contribution in [2.75, 3.05) is 13.2 Å². The third-order valence-electron chi connectivity index (χ3n) is 1.61. The molecule has 0 saturated heterocycles. The standard InChI is InChI=1S/C11H12ClNO2/c1-2-15-11(14)8-13-7-9-4-3-5-10(12)6-9/h3-7H,2,8H2,1H3. The maximum atomic E-state index is 10.9. The van der Waals surface area contributed by atoms with E-state index in [9.17, 15) is 4.79 Å². The second-order valence-corrected chi connectivity index (χ2v) is 3.27. The zero-order valence-electron chi connectivity index (χ0n) is 8.44. The molecule has 0 saturated carbocycles. The molecule has 0 radical (unpaired) electrons. The SMILES string of the molecule is CCOC(=O)CN=Cc1cccc(Cl)c1. The Morgan fingerprint density at radius 2 is 2.40 bits per heavy atom. The summed E-state index contributed by atoms with van der Waals surface area (Å²) in [6.07, 6.45) is 1.60. The van der Waals surface area contributed by atoms with Crippen LogP contribution in [0.2, 0.25) is 5.02 Å². The van der Waals surface area contributed by atoms with E-state index in [2.05, 4.69) is 4.99 Å². The first-order chi connectivity index (χ1) is 7.22. The summed E-state index contributed by atoms with van der Waals surface area (Å²) in [4.78, 5) is 14.9. The molecule has 15 heavy (non-hydrogen) atoms. The van der Waals surface area contributed by atoms with Crippen LogP contribution in [-0.2, 0) is 9.53 Å². The fourth-order valence-electron chi connectivity index (χ4n) is 1.02. The molecule has 80 valence electrons. The van der Waals surface area contributed by atoms with Crippen molar-refractivity contribution in [2.24, 2.45) is 4.99 Å². The zero-order chi connectivity index (χ0) is 11.1. The predicted molar refractivity (Wildman–Crippen MR) is 60.5 cm³/mol. The molecule has 0 aliphatic carbocycles. The number of hydrogen-bond donors (Lipinski definition) is 0. The van der Waals surface area contributed by atoms with Gasteiger partial charge in [-0.1, -0.05) is 23.7 Å². The first kappa shape index (κ1) is 11.7. The maximum Gasteiger partial charge on any atom is 0.327 e. The molecular formula is C11H12ClNO2. The monoisotopic (exact) mass is 225 g/mol. The fourth-order valence-corrected chi connectivity index (χ4v) is 1.22. The molecule has 0 bridgehead atoms. The molecular weight excluding hydrogens is 214 g/mol. The van der Waals surface area contributed by atoms with Crippen molar-refractivity contribution in [2.45, 2.75) is 6.92 Å². The lowest BCUT2D eigenvalue weighted by Gasteiger charge is -1.97. The number of hydrogen-bond acceptors (Lipinski definition) is 3. The molecule has 0 unspecified atom stereocenters. The van der Waals surface area contributed by atoms with Crippen LogP contribution in [0.1, 0.15) is 12.5 Å². The Morgan fingerprint density at radius 1 is 1.60 bits per heavy atom. The summed E-state index contributed by atoms with van der Waals surface area (Å²) in [5, 5.41) is 0.648. The van der Waals surface area contributed by atoms with Gasteiger partial charge in [0.15, 0.2) is 0 Å². The van der Waals surface area contributed by atoms with Gasteiger partial charge >= 0.3 is 5.97 Å². The summed E-state index contributed by atoms with van der Waals surface area (Å²) < 4.78 is 4.72. The smallest absolute Gasteiger partial charge is 0.327 e. The molecule has 1 aromatic carbocycles. The highest BCUT2D eigenvalue weighted by Crippen LogP contribution is 2.08. The molecule has 0 aliphatic heterocycles. The van der Waals surface area contributed by atoms with Crippen LogP contribution in [0.15, 0.2) is 29.3 Å². The van der Waals surface area contributed by atoms with Crippen LogP contribution in [0.4, 0.5) is 0 Å². The van der Waals surface area contributed by atoms with Crippen LogP contribution in [-0.4, -0.2) is 25.3 Å². The van der Waals surface area contributed by atoms with E-state index in [-0.39, 0.29) is 12.5 Å². The van der Waals surface area contributed by atoms with E-state index in [0.717, 1.165) is 5.56 Å². The summed E-state index contributed by atoms with van der Waals surface area (Å²) in [6.45, 7) is 2.18. The third kappa shape index (κ3) is 4.61. The lowest BCUT2D eigenvalue weighted by Crippen LogP contribution is -2.07. The van der Waals surface area contributed by atoms with Crippen molar-refractivity contribution in [1.29, 1.82) is 0 Å². The van der Waals surface area contributed by atoms with E-state index >= 15 is 0 Å². The van der Waals surface area contributed by atoms with E-state index in [4.69, 9.17) is 16.3 Å². The highest BCUT2D eigenvalue weighted by Gasteiger charge is 1.97. The average molecular weight is 226 g/mol. The first-order valence-electron chi connectivity index (χ1n) is 4.63. The summed E-state index contributed by atoms with van der Waals surface area (Å²) in [7, 11) is 0. The second kappa shape index (κ2) is 6.19. The van der Waals surface area contributed by atoms with Crippen LogP contribution >= 0.6 is 11.6 Å². The Morgan fingerprint density at radius 3 is 3.07 bits per heavy atom. The van der Waals surface area contributed by atoms with Gasteiger partial charge in [0.05, 0.1) is 6.61 Å². The minimum absolute atomic E-state index is 0.0420. The van der Waals surface area contributed by atoms with Crippen LogP contribution in [0.5, 0.6) is 0 Å². The molecule has 1 aromatic rings. The lowest BCUT2D eigenvalue weighted by atomic mass is 10.2. The van der Waals surface area contributed by atoms with Crippen LogP contribution in [0.25, 0.3) is 0 Å². The van der Waals surface area contributed by atoms with Gasteiger partial charge in [0.25, 0.3) is 0 Å². The number of carbonyl (C=O) groups excluding carboxylic acids is 1. The third-order valence-corrected chi connectivity index (χ3v) is 1.85. The molecule has 0 aromatic heterocycles. The summed E-state index contributed by atoms with van der Waals surface area (Å²) in [5.74, 6) is -0.323. The van der Waals surface area contributed by atoms with Gasteiger partial charge in [-0.15, -0.1) is 0 Å². The van der Waals surface area contributed by atoms with E-state index in [1.807, 2.05) is 12.1 Å². The van der Waals surface area contributed by atoms with Gasteiger partial charge in [-0.25, -0.2) is 0 Å². The van der Waals surface area contributed by atoms with Crippen molar-refractivity contribution in [3.05, 3.63) is 34.9 Å². The van der Waals surface area contributed by atoms with Crippen LogP contribution < -0.4 is 0 Å². The normalized spacial score (nSPS) is 10.5. The number of nitrogens with zero attached hydrogens (tertiary/aromatic N) is 1. The fraction of sp³-hybridized carbons (Fsp3) is 0.273. The summed E-state index contributed by atoms with van der Waals surface area (Å²) in [6, 6.07) is 7.25. The molecule has 1 rings (SSSR count). The van der Waals surface area contributed by atoms with Gasteiger partial charge < -0.3 is 4.74 Å². The molecule has 0 amide bonds. The number of ether oxygens (including phenoxy) is 1. The molecule has 0 aliphatic rings. The molecule has 0 N–H and O–H groups in total. The highest BCUT2D eigenvalue weighted by molar-refractivity contribution is 6.30. The van der Waals surface area contributed by atoms with E-state index in [1.165, 1.54) is 0 Å². The van der Waals surface area contributed by atoms with Crippen LogP contribution in [0.3, 0.4) is 0 Å². The molecule has 0 spiro atoms. The zero-order valence-corrected chi connectivity index (χ0v) is 9.20. The topological polar surface area (TPSA) is 38.7 Å². The van der Waals surface area contributed by atoms with Gasteiger partial charge in [0, 0.05) is 11.2 Å². The highest BCUT2D eigenvalue weighted by atomic mass is 35.5. The van der Waals surface area contributed by atoms with Crippen molar-refractivity contribution in [1.82, 2.24) is 0 Å². The number of rotatable bonds is 4. The largest absolute Gasteiger partial charge is 0.465 e.